The number of piperazine rings is 1. The second kappa shape index (κ2) is 8.36. The van der Waals surface area contributed by atoms with E-state index in [9.17, 15) is 9.59 Å². The number of nitrogens with zero attached hydrogens (tertiary/aromatic N) is 3. The van der Waals surface area contributed by atoms with E-state index >= 15 is 0 Å². The van der Waals surface area contributed by atoms with Gasteiger partial charge in [0.15, 0.2) is 0 Å². The van der Waals surface area contributed by atoms with Gasteiger partial charge < -0.3 is 19.4 Å². The third-order valence-electron chi connectivity index (χ3n) is 4.43. The molecule has 0 aliphatic carbocycles. The van der Waals surface area contributed by atoms with Crippen LogP contribution in [0.4, 0.5) is 4.79 Å². The fraction of sp³-hybridized carbons (Fsp3) is 0.444. The Hall–Kier alpha value is -2.05. The molecule has 1 aromatic rings. The van der Waals surface area contributed by atoms with Crippen molar-refractivity contribution >= 4 is 29.6 Å². The third-order valence-corrected chi connectivity index (χ3v) is 4.68. The fourth-order valence-electron chi connectivity index (χ4n) is 2.92. The second-order valence-electron chi connectivity index (χ2n) is 6.08. The lowest BCUT2D eigenvalue weighted by Crippen LogP contribution is -2.55. The molecule has 134 valence electrons. The summed E-state index contributed by atoms with van der Waals surface area (Å²) in [6, 6.07) is 7.37. The quantitative estimate of drug-likeness (QED) is 0.755. The van der Waals surface area contributed by atoms with Gasteiger partial charge in [0.1, 0.15) is 0 Å². The molecule has 2 fully saturated rings. The zero-order valence-corrected chi connectivity index (χ0v) is 14.8. The molecule has 0 saturated carbocycles. The first kappa shape index (κ1) is 17.8. The van der Waals surface area contributed by atoms with Crippen LogP contribution in [0.3, 0.4) is 0 Å². The topological polar surface area (TPSA) is 53.1 Å². The average Bonchev–Trinajstić information content (AvgIpc) is 2.67. The molecule has 0 aromatic heterocycles. The van der Waals surface area contributed by atoms with Gasteiger partial charge in [-0.05, 0) is 23.8 Å². The van der Waals surface area contributed by atoms with Crippen molar-refractivity contribution in [1.29, 1.82) is 0 Å². The first-order chi connectivity index (χ1) is 12.1. The van der Waals surface area contributed by atoms with Crippen molar-refractivity contribution in [3.8, 4) is 0 Å². The van der Waals surface area contributed by atoms with Gasteiger partial charge in [-0.2, -0.15) is 0 Å². The van der Waals surface area contributed by atoms with Gasteiger partial charge in [-0.15, -0.1) is 0 Å². The lowest BCUT2D eigenvalue weighted by Gasteiger charge is -2.38. The Morgan fingerprint density at radius 2 is 1.44 bits per heavy atom. The summed E-state index contributed by atoms with van der Waals surface area (Å²) in [5.74, 6) is -0.0339. The molecule has 7 heteroatoms. The summed E-state index contributed by atoms with van der Waals surface area (Å²) < 4.78 is 5.28. The highest BCUT2D eigenvalue weighted by Crippen LogP contribution is 2.12. The summed E-state index contributed by atoms with van der Waals surface area (Å²) in [5, 5.41) is 0.671. The molecule has 2 aliphatic heterocycles. The zero-order chi connectivity index (χ0) is 17.6. The van der Waals surface area contributed by atoms with Gasteiger partial charge in [-0.25, -0.2) is 4.79 Å². The summed E-state index contributed by atoms with van der Waals surface area (Å²) in [6.07, 6.45) is 3.35. The summed E-state index contributed by atoms with van der Waals surface area (Å²) in [5.41, 5.74) is 0.930. The van der Waals surface area contributed by atoms with E-state index in [1.54, 1.807) is 29.2 Å². The summed E-state index contributed by atoms with van der Waals surface area (Å²) in [6.45, 7) is 4.72. The predicted molar refractivity (Wildman–Crippen MR) is 96.4 cm³/mol. The first-order valence-electron chi connectivity index (χ1n) is 8.47. The summed E-state index contributed by atoms with van der Waals surface area (Å²) in [4.78, 5) is 30.1. The van der Waals surface area contributed by atoms with Crippen LogP contribution in [0.2, 0.25) is 5.02 Å². The normalized spacial score (nSPS) is 18.7. The number of rotatable bonds is 2. The van der Waals surface area contributed by atoms with Crippen LogP contribution in [0.5, 0.6) is 0 Å². The standard InChI is InChI=1S/C18H22ClN3O3/c19-16-4-1-15(2-5-16)3-6-17(23)20-7-9-21(10-8-20)18(24)22-11-13-25-14-12-22/h1-6H,7-14H2/b6-3+. The largest absolute Gasteiger partial charge is 0.378 e. The summed E-state index contributed by atoms with van der Waals surface area (Å²) >= 11 is 5.85. The van der Waals surface area contributed by atoms with E-state index in [0.717, 1.165) is 5.56 Å². The second-order valence-corrected chi connectivity index (χ2v) is 6.52. The number of carbonyl (C=O) groups excluding carboxylic acids is 2. The van der Waals surface area contributed by atoms with Gasteiger partial charge in [0.05, 0.1) is 13.2 Å². The molecular weight excluding hydrogens is 342 g/mol. The van der Waals surface area contributed by atoms with Gasteiger partial charge in [0.25, 0.3) is 0 Å². The van der Waals surface area contributed by atoms with E-state index in [-0.39, 0.29) is 11.9 Å². The first-order valence-corrected chi connectivity index (χ1v) is 8.85. The molecule has 0 unspecified atom stereocenters. The Bertz CT molecular complexity index is 633. The van der Waals surface area contributed by atoms with E-state index in [2.05, 4.69) is 0 Å². The molecule has 2 heterocycles. The highest BCUT2D eigenvalue weighted by atomic mass is 35.5. The minimum atomic E-state index is -0.0339. The molecular formula is C18H22ClN3O3. The average molecular weight is 364 g/mol. The van der Waals surface area contributed by atoms with E-state index in [4.69, 9.17) is 16.3 Å². The smallest absolute Gasteiger partial charge is 0.320 e. The Balaban J connectivity index is 1.48. The van der Waals surface area contributed by atoms with Crippen molar-refractivity contribution < 1.29 is 14.3 Å². The van der Waals surface area contributed by atoms with E-state index in [1.807, 2.05) is 21.9 Å². The van der Waals surface area contributed by atoms with Gasteiger partial charge in [0.2, 0.25) is 5.91 Å². The predicted octanol–water partition coefficient (Wildman–Crippen LogP) is 1.95. The van der Waals surface area contributed by atoms with Crippen LogP contribution in [0.15, 0.2) is 30.3 Å². The Morgan fingerprint density at radius 3 is 2.08 bits per heavy atom. The van der Waals surface area contributed by atoms with Crippen molar-refractivity contribution in [3.05, 3.63) is 40.9 Å². The van der Waals surface area contributed by atoms with Crippen LogP contribution in [-0.4, -0.2) is 79.1 Å². The molecule has 25 heavy (non-hydrogen) atoms. The molecule has 2 aliphatic rings. The lowest BCUT2D eigenvalue weighted by molar-refractivity contribution is -0.127. The van der Waals surface area contributed by atoms with Crippen molar-refractivity contribution in [3.63, 3.8) is 0 Å². The number of carbonyl (C=O) groups is 2. The molecule has 0 bridgehead atoms. The van der Waals surface area contributed by atoms with E-state index < -0.39 is 0 Å². The van der Waals surface area contributed by atoms with Crippen molar-refractivity contribution in [1.82, 2.24) is 14.7 Å². The van der Waals surface area contributed by atoms with E-state index in [1.165, 1.54) is 0 Å². The van der Waals surface area contributed by atoms with Crippen molar-refractivity contribution in [2.24, 2.45) is 0 Å². The Kier molecular flexibility index (Phi) is 5.94. The van der Waals surface area contributed by atoms with Crippen LogP contribution in [-0.2, 0) is 9.53 Å². The number of ether oxygens (including phenoxy) is 1. The monoisotopic (exact) mass is 363 g/mol. The van der Waals surface area contributed by atoms with Gasteiger partial charge in [-0.1, -0.05) is 23.7 Å². The van der Waals surface area contributed by atoms with Gasteiger partial charge in [0, 0.05) is 50.4 Å². The Labute approximate surface area is 152 Å². The van der Waals surface area contributed by atoms with Crippen LogP contribution in [0.25, 0.3) is 6.08 Å². The zero-order valence-electron chi connectivity index (χ0n) is 14.1. The number of benzene rings is 1. The number of hydrogen-bond acceptors (Lipinski definition) is 3. The van der Waals surface area contributed by atoms with Crippen molar-refractivity contribution in [2.45, 2.75) is 0 Å². The molecule has 0 N–H and O–H groups in total. The minimum absolute atomic E-state index is 0.0339. The van der Waals surface area contributed by atoms with Crippen LogP contribution >= 0.6 is 11.6 Å². The molecule has 3 amide bonds. The third kappa shape index (κ3) is 4.74. The number of morpholine rings is 1. The number of amides is 3. The highest BCUT2D eigenvalue weighted by Gasteiger charge is 2.27. The maximum atomic E-state index is 12.4. The van der Waals surface area contributed by atoms with E-state index in [0.29, 0.717) is 57.5 Å². The molecule has 0 spiro atoms. The maximum absolute atomic E-state index is 12.4. The number of urea groups is 1. The number of halogens is 1. The molecule has 0 radical (unpaired) electrons. The lowest BCUT2D eigenvalue weighted by atomic mass is 10.2. The molecule has 1 aromatic carbocycles. The van der Waals surface area contributed by atoms with Crippen LogP contribution in [0, 0.1) is 0 Å². The van der Waals surface area contributed by atoms with Crippen LogP contribution in [0.1, 0.15) is 5.56 Å². The molecule has 2 saturated heterocycles. The minimum Gasteiger partial charge on any atom is -0.378 e. The summed E-state index contributed by atoms with van der Waals surface area (Å²) in [7, 11) is 0. The number of hydrogen-bond donors (Lipinski definition) is 0. The highest BCUT2D eigenvalue weighted by molar-refractivity contribution is 6.30. The molecule has 3 rings (SSSR count). The van der Waals surface area contributed by atoms with Crippen molar-refractivity contribution in [2.75, 3.05) is 52.5 Å². The maximum Gasteiger partial charge on any atom is 0.320 e. The SMILES string of the molecule is O=C(/C=C/c1ccc(Cl)cc1)N1CCN(C(=O)N2CCOCC2)CC1. The Morgan fingerprint density at radius 1 is 0.880 bits per heavy atom. The van der Waals surface area contributed by atoms with Gasteiger partial charge in [-0.3, -0.25) is 4.79 Å². The molecule has 0 atom stereocenters. The van der Waals surface area contributed by atoms with Gasteiger partial charge >= 0.3 is 6.03 Å². The van der Waals surface area contributed by atoms with Crippen LogP contribution < -0.4 is 0 Å². The fourth-order valence-corrected chi connectivity index (χ4v) is 3.05. The molecule has 6 nitrogen and oxygen atoms in total.